The molecule has 3 nitrogen and oxygen atoms in total. The maximum atomic E-state index is 12.3. The molecule has 0 saturated carbocycles. The maximum absolute atomic E-state index is 12.3. The lowest BCUT2D eigenvalue weighted by Crippen LogP contribution is -2.47. The zero-order valence-corrected chi connectivity index (χ0v) is 14.5. The van der Waals surface area contributed by atoms with Crippen LogP contribution in [0.1, 0.15) is 19.8 Å². The van der Waals surface area contributed by atoms with Crippen molar-refractivity contribution in [3.8, 4) is 0 Å². The number of likely N-dealkylation sites (tertiary alicyclic amines) is 1. The molecule has 1 aromatic rings. The third-order valence-corrected chi connectivity index (χ3v) is 5.46. The molecule has 0 aromatic heterocycles. The van der Waals surface area contributed by atoms with Crippen molar-refractivity contribution in [2.45, 2.75) is 42.4 Å². The number of hydrogen-bond acceptors (Lipinski definition) is 3. The van der Waals surface area contributed by atoms with Crippen molar-refractivity contribution in [2.75, 3.05) is 19.6 Å². The molecular weight excluding hydrogens is 342 g/mol. The molecule has 1 aliphatic rings. The number of halogens is 3. The lowest BCUT2D eigenvalue weighted by atomic mass is 10.0. The summed E-state index contributed by atoms with van der Waals surface area (Å²) in [5.41, 5.74) is 0. The fourth-order valence-corrected chi connectivity index (χ4v) is 3.72. The second-order valence-corrected chi connectivity index (χ2v) is 7.45. The predicted octanol–water partition coefficient (Wildman–Crippen LogP) is 3.67. The van der Waals surface area contributed by atoms with Crippen molar-refractivity contribution >= 4 is 29.3 Å². The Bertz CT molecular complexity index is 525. The molecule has 1 heterocycles. The van der Waals surface area contributed by atoms with Crippen LogP contribution in [0.2, 0.25) is 5.02 Å². The van der Waals surface area contributed by atoms with Gasteiger partial charge in [0.1, 0.15) is 0 Å². The van der Waals surface area contributed by atoms with Gasteiger partial charge in [0.05, 0.1) is 16.8 Å². The molecule has 128 valence electrons. The van der Waals surface area contributed by atoms with Crippen LogP contribution in [0.15, 0.2) is 29.2 Å². The number of rotatable bonds is 6. The average molecular weight is 363 g/mol. The van der Waals surface area contributed by atoms with Crippen LogP contribution in [0.25, 0.3) is 0 Å². The molecule has 1 N–H and O–H groups in total. The van der Waals surface area contributed by atoms with Gasteiger partial charge < -0.3 is 5.32 Å². The van der Waals surface area contributed by atoms with E-state index in [1.807, 2.05) is 25.1 Å². The van der Waals surface area contributed by atoms with E-state index >= 15 is 0 Å². The van der Waals surface area contributed by atoms with Crippen molar-refractivity contribution in [3.63, 3.8) is 0 Å². The first-order valence-electron chi connectivity index (χ1n) is 7.67. The zero-order valence-electron chi connectivity index (χ0n) is 13.0. The van der Waals surface area contributed by atoms with E-state index in [0.29, 0.717) is 31.0 Å². The second kappa shape index (κ2) is 8.85. The quantitative estimate of drug-likeness (QED) is 0.784. The Labute approximate surface area is 144 Å². The molecule has 0 radical (unpaired) electrons. The van der Waals surface area contributed by atoms with Gasteiger partial charge in [-0.3, -0.25) is 9.69 Å². The van der Waals surface area contributed by atoms with E-state index in [0.717, 1.165) is 4.90 Å². The van der Waals surface area contributed by atoms with Crippen LogP contribution >= 0.6 is 23.4 Å². The van der Waals surface area contributed by atoms with Gasteiger partial charge in [0.2, 0.25) is 5.91 Å². The van der Waals surface area contributed by atoms with Crippen LogP contribution in [0.4, 0.5) is 8.78 Å². The number of benzene rings is 1. The summed E-state index contributed by atoms with van der Waals surface area (Å²) in [6, 6.07) is 7.49. The van der Waals surface area contributed by atoms with Gasteiger partial charge in [0.15, 0.2) is 0 Å². The highest BCUT2D eigenvalue weighted by Gasteiger charge is 2.24. The SMILES string of the molecule is C[C@H](Sc1ccccc1Cl)C(=O)NC1CCN(CC(F)F)CC1. The lowest BCUT2D eigenvalue weighted by Gasteiger charge is -2.32. The Balaban J connectivity index is 1.77. The molecule has 0 aliphatic carbocycles. The number of thioether (sulfide) groups is 1. The van der Waals surface area contributed by atoms with Crippen molar-refractivity contribution in [2.24, 2.45) is 0 Å². The summed E-state index contributed by atoms with van der Waals surface area (Å²) in [4.78, 5) is 14.9. The Hall–Kier alpha value is -0.850. The molecule has 0 spiro atoms. The van der Waals surface area contributed by atoms with Crippen molar-refractivity contribution in [1.82, 2.24) is 10.2 Å². The van der Waals surface area contributed by atoms with Gasteiger partial charge in [-0.2, -0.15) is 0 Å². The fourth-order valence-electron chi connectivity index (χ4n) is 2.56. The van der Waals surface area contributed by atoms with Gasteiger partial charge in [0.25, 0.3) is 6.43 Å². The number of alkyl halides is 2. The Kier molecular flexibility index (Phi) is 7.11. The van der Waals surface area contributed by atoms with Crippen LogP contribution in [0.5, 0.6) is 0 Å². The van der Waals surface area contributed by atoms with Crippen LogP contribution in [-0.4, -0.2) is 48.2 Å². The number of carbonyl (C=O) groups is 1. The van der Waals surface area contributed by atoms with Crippen molar-refractivity contribution in [3.05, 3.63) is 29.3 Å². The standard InChI is InChI=1S/C16H21ClF2N2OS/c1-11(23-14-5-3-2-4-13(14)17)16(22)20-12-6-8-21(9-7-12)10-15(18)19/h2-5,11-12,15H,6-10H2,1H3,(H,20,22)/t11-/m0/s1. The first-order chi connectivity index (χ1) is 11.0. The summed E-state index contributed by atoms with van der Waals surface area (Å²) in [5, 5.41) is 3.40. The highest BCUT2D eigenvalue weighted by Crippen LogP contribution is 2.30. The number of carbonyl (C=O) groups excluding carboxylic acids is 1. The van der Waals surface area contributed by atoms with Gasteiger partial charge in [-0.25, -0.2) is 8.78 Å². The molecule has 1 amide bonds. The normalized spacial score (nSPS) is 18.1. The summed E-state index contributed by atoms with van der Waals surface area (Å²) in [6.07, 6.45) is -0.877. The fraction of sp³-hybridized carbons (Fsp3) is 0.562. The summed E-state index contributed by atoms with van der Waals surface area (Å²) >= 11 is 7.53. The molecule has 1 fully saturated rings. The Morgan fingerprint density at radius 3 is 2.65 bits per heavy atom. The van der Waals surface area contributed by atoms with Crippen LogP contribution in [0, 0.1) is 0 Å². The molecule has 1 aromatic carbocycles. The second-order valence-electron chi connectivity index (χ2n) is 5.67. The van der Waals surface area contributed by atoms with E-state index < -0.39 is 6.43 Å². The predicted molar refractivity (Wildman–Crippen MR) is 90.4 cm³/mol. The number of nitrogens with one attached hydrogen (secondary N) is 1. The van der Waals surface area contributed by atoms with Crippen molar-refractivity contribution in [1.29, 1.82) is 0 Å². The first-order valence-corrected chi connectivity index (χ1v) is 8.93. The van der Waals surface area contributed by atoms with Crippen LogP contribution < -0.4 is 5.32 Å². The third kappa shape index (κ3) is 5.94. The highest BCUT2D eigenvalue weighted by molar-refractivity contribution is 8.00. The molecule has 1 atom stereocenters. The minimum absolute atomic E-state index is 0.0396. The van der Waals surface area contributed by atoms with E-state index in [9.17, 15) is 13.6 Å². The first kappa shape index (κ1) is 18.5. The van der Waals surface area contributed by atoms with E-state index in [1.54, 1.807) is 11.0 Å². The van der Waals surface area contributed by atoms with Gasteiger partial charge in [0, 0.05) is 24.0 Å². The van der Waals surface area contributed by atoms with E-state index in [4.69, 9.17) is 11.6 Å². The average Bonchev–Trinajstić information content (AvgIpc) is 2.51. The largest absolute Gasteiger partial charge is 0.352 e. The molecule has 1 aliphatic heterocycles. The van der Waals surface area contributed by atoms with E-state index in [-0.39, 0.29) is 23.7 Å². The minimum atomic E-state index is -2.30. The molecule has 2 rings (SSSR count). The van der Waals surface area contributed by atoms with Gasteiger partial charge in [-0.05, 0) is 31.9 Å². The summed E-state index contributed by atoms with van der Waals surface area (Å²) < 4.78 is 24.7. The maximum Gasteiger partial charge on any atom is 0.251 e. The Morgan fingerprint density at radius 1 is 1.39 bits per heavy atom. The minimum Gasteiger partial charge on any atom is -0.352 e. The number of piperidine rings is 1. The number of hydrogen-bond donors (Lipinski definition) is 1. The highest BCUT2D eigenvalue weighted by atomic mass is 35.5. The molecule has 0 unspecified atom stereocenters. The Morgan fingerprint density at radius 2 is 2.04 bits per heavy atom. The van der Waals surface area contributed by atoms with Gasteiger partial charge in [-0.15, -0.1) is 11.8 Å². The molecule has 7 heteroatoms. The summed E-state index contributed by atoms with van der Waals surface area (Å²) in [7, 11) is 0. The van der Waals surface area contributed by atoms with Crippen molar-refractivity contribution < 1.29 is 13.6 Å². The van der Waals surface area contributed by atoms with E-state index in [1.165, 1.54) is 11.8 Å². The monoisotopic (exact) mass is 362 g/mol. The van der Waals surface area contributed by atoms with Gasteiger partial charge >= 0.3 is 0 Å². The smallest absolute Gasteiger partial charge is 0.251 e. The van der Waals surface area contributed by atoms with Gasteiger partial charge in [-0.1, -0.05) is 23.7 Å². The van der Waals surface area contributed by atoms with Crippen LogP contribution in [-0.2, 0) is 4.79 Å². The molecule has 1 saturated heterocycles. The topological polar surface area (TPSA) is 32.3 Å². The number of nitrogens with zero attached hydrogens (tertiary/aromatic N) is 1. The summed E-state index contributed by atoms with van der Waals surface area (Å²) in [5.74, 6) is -0.0396. The summed E-state index contributed by atoms with van der Waals surface area (Å²) in [6.45, 7) is 2.86. The van der Waals surface area contributed by atoms with Crippen LogP contribution in [0.3, 0.4) is 0 Å². The lowest BCUT2D eigenvalue weighted by molar-refractivity contribution is -0.121. The molecule has 23 heavy (non-hydrogen) atoms. The molecule has 0 bridgehead atoms. The van der Waals surface area contributed by atoms with E-state index in [2.05, 4.69) is 5.32 Å². The zero-order chi connectivity index (χ0) is 16.8. The molecular formula is C16H21ClF2N2OS. The number of amides is 1. The third-order valence-electron chi connectivity index (χ3n) is 3.84.